The van der Waals surface area contributed by atoms with Crippen LogP contribution in [0.4, 0.5) is 0 Å². The average molecular weight is 201 g/mol. The average Bonchev–Trinajstić information content (AvgIpc) is 2.94. The van der Waals surface area contributed by atoms with Gasteiger partial charge in [-0.1, -0.05) is 41.5 Å². The molecular formula is C14H19N. The lowest BCUT2D eigenvalue weighted by molar-refractivity contribution is 0.754. The molecule has 80 valence electrons. The van der Waals surface area contributed by atoms with E-state index in [0.29, 0.717) is 0 Å². The maximum absolute atomic E-state index is 3.47. The van der Waals surface area contributed by atoms with Crippen molar-refractivity contribution >= 4 is 6.08 Å². The summed E-state index contributed by atoms with van der Waals surface area (Å²) in [4.78, 5) is 0. The molecule has 1 saturated carbocycles. The largest absolute Gasteiger partial charge is 0.311 e. The van der Waals surface area contributed by atoms with Gasteiger partial charge in [-0.25, -0.2) is 0 Å². The zero-order valence-corrected chi connectivity index (χ0v) is 9.59. The van der Waals surface area contributed by atoms with Crippen LogP contribution in [0.1, 0.15) is 29.5 Å². The SMILES string of the molecule is Cc1cc(C)cc(C=CCNC2CC2)c1. The number of nitrogens with one attached hydrogen (secondary N) is 1. The molecule has 0 aromatic heterocycles. The molecule has 0 aliphatic heterocycles. The Hall–Kier alpha value is -1.08. The van der Waals surface area contributed by atoms with Gasteiger partial charge in [-0.2, -0.15) is 0 Å². The van der Waals surface area contributed by atoms with Crippen LogP contribution in [0.15, 0.2) is 24.3 Å². The van der Waals surface area contributed by atoms with Crippen molar-refractivity contribution in [3.63, 3.8) is 0 Å². The summed E-state index contributed by atoms with van der Waals surface area (Å²) < 4.78 is 0. The first-order valence-electron chi connectivity index (χ1n) is 5.72. The van der Waals surface area contributed by atoms with Crippen molar-refractivity contribution in [2.45, 2.75) is 32.7 Å². The highest BCUT2D eigenvalue weighted by Gasteiger charge is 2.18. The number of rotatable bonds is 4. The predicted octanol–water partition coefficient (Wildman–Crippen LogP) is 3.07. The van der Waals surface area contributed by atoms with Crippen LogP contribution < -0.4 is 5.32 Å². The summed E-state index contributed by atoms with van der Waals surface area (Å²) in [6.07, 6.45) is 7.14. The fourth-order valence-corrected chi connectivity index (χ4v) is 1.82. The highest BCUT2D eigenvalue weighted by atomic mass is 14.9. The summed E-state index contributed by atoms with van der Waals surface area (Å²) in [6.45, 7) is 5.29. The molecule has 1 aliphatic carbocycles. The lowest BCUT2D eigenvalue weighted by atomic mass is 10.1. The second-order valence-electron chi connectivity index (χ2n) is 4.51. The standard InChI is InChI=1S/C14H19N/c1-11-8-12(2)10-13(9-11)4-3-7-15-14-5-6-14/h3-4,8-10,14-15H,5-7H2,1-2H3. The van der Waals surface area contributed by atoms with E-state index >= 15 is 0 Å². The molecule has 1 aromatic carbocycles. The molecule has 1 nitrogen and oxygen atoms in total. The van der Waals surface area contributed by atoms with E-state index in [1.54, 1.807) is 0 Å². The molecule has 0 amide bonds. The van der Waals surface area contributed by atoms with Gasteiger partial charge in [-0.15, -0.1) is 0 Å². The molecule has 1 fully saturated rings. The van der Waals surface area contributed by atoms with Crippen LogP contribution in [-0.4, -0.2) is 12.6 Å². The van der Waals surface area contributed by atoms with Gasteiger partial charge in [0, 0.05) is 12.6 Å². The maximum Gasteiger partial charge on any atom is 0.0140 e. The summed E-state index contributed by atoms with van der Waals surface area (Å²) in [7, 11) is 0. The van der Waals surface area contributed by atoms with Crippen LogP contribution >= 0.6 is 0 Å². The molecule has 1 aromatic rings. The first-order chi connectivity index (χ1) is 7.24. The van der Waals surface area contributed by atoms with Gasteiger partial charge in [-0.05, 0) is 32.3 Å². The van der Waals surface area contributed by atoms with E-state index in [9.17, 15) is 0 Å². The third-order valence-electron chi connectivity index (χ3n) is 2.66. The molecule has 1 N–H and O–H groups in total. The minimum absolute atomic E-state index is 0.800. The van der Waals surface area contributed by atoms with E-state index in [4.69, 9.17) is 0 Å². The summed E-state index contributed by atoms with van der Waals surface area (Å²) in [5.74, 6) is 0. The molecule has 0 spiro atoms. The third kappa shape index (κ3) is 3.52. The number of hydrogen-bond acceptors (Lipinski definition) is 1. The van der Waals surface area contributed by atoms with Crippen molar-refractivity contribution in [3.8, 4) is 0 Å². The Balaban J connectivity index is 1.90. The van der Waals surface area contributed by atoms with Crippen molar-refractivity contribution in [1.82, 2.24) is 5.32 Å². The fraction of sp³-hybridized carbons (Fsp3) is 0.429. The number of benzene rings is 1. The summed E-state index contributed by atoms with van der Waals surface area (Å²) in [6, 6.07) is 7.45. The van der Waals surface area contributed by atoms with Crippen LogP contribution in [0.5, 0.6) is 0 Å². The van der Waals surface area contributed by atoms with E-state index in [1.165, 1.54) is 29.5 Å². The Labute approximate surface area is 92.2 Å². The molecule has 2 rings (SSSR count). The second-order valence-corrected chi connectivity index (χ2v) is 4.51. The van der Waals surface area contributed by atoms with Crippen molar-refractivity contribution in [2.24, 2.45) is 0 Å². The van der Waals surface area contributed by atoms with Crippen LogP contribution in [-0.2, 0) is 0 Å². The monoisotopic (exact) mass is 201 g/mol. The normalized spacial score (nSPS) is 16.1. The Morgan fingerprint density at radius 3 is 2.47 bits per heavy atom. The van der Waals surface area contributed by atoms with Crippen molar-refractivity contribution in [2.75, 3.05) is 6.54 Å². The van der Waals surface area contributed by atoms with Gasteiger partial charge in [0.2, 0.25) is 0 Å². The van der Waals surface area contributed by atoms with Crippen LogP contribution in [0.2, 0.25) is 0 Å². The highest BCUT2D eigenvalue weighted by Crippen LogP contribution is 2.18. The molecule has 1 aliphatic rings. The summed E-state index contributed by atoms with van der Waals surface area (Å²) >= 11 is 0. The molecule has 0 radical (unpaired) electrons. The molecule has 1 heteroatoms. The van der Waals surface area contributed by atoms with E-state index in [-0.39, 0.29) is 0 Å². The zero-order chi connectivity index (χ0) is 10.7. The van der Waals surface area contributed by atoms with E-state index in [2.05, 4.69) is 49.5 Å². The zero-order valence-electron chi connectivity index (χ0n) is 9.59. The van der Waals surface area contributed by atoms with Gasteiger partial charge in [0.1, 0.15) is 0 Å². The Bertz CT molecular complexity index is 341. The van der Waals surface area contributed by atoms with Crippen molar-refractivity contribution < 1.29 is 0 Å². The molecular weight excluding hydrogens is 182 g/mol. The highest BCUT2D eigenvalue weighted by molar-refractivity contribution is 5.51. The fourth-order valence-electron chi connectivity index (χ4n) is 1.82. The van der Waals surface area contributed by atoms with Crippen LogP contribution in [0.25, 0.3) is 6.08 Å². The Kier molecular flexibility index (Phi) is 3.22. The minimum Gasteiger partial charge on any atom is -0.311 e. The molecule has 0 bridgehead atoms. The third-order valence-corrected chi connectivity index (χ3v) is 2.66. The first kappa shape index (κ1) is 10.4. The van der Waals surface area contributed by atoms with Crippen molar-refractivity contribution in [1.29, 1.82) is 0 Å². The van der Waals surface area contributed by atoms with Crippen LogP contribution in [0.3, 0.4) is 0 Å². The van der Waals surface area contributed by atoms with E-state index in [1.807, 2.05) is 0 Å². The van der Waals surface area contributed by atoms with E-state index in [0.717, 1.165) is 12.6 Å². The van der Waals surface area contributed by atoms with Gasteiger partial charge in [-0.3, -0.25) is 0 Å². The van der Waals surface area contributed by atoms with E-state index < -0.39 is 0 Å². The summed E-state index contributed by atoms with van der Waals surface area (Å²) in [5, 5.41) is 3.47. The van der Waals surface area contributed by atoms with Gasteiger partial charge in [0.25, 0.3) is 0 Å². The lowest BCUT2D eigenvalue weighted by Crippen LogP contribution is -2.15. The molecule has 0 heterocycles. The topological polar surface area (TPSA) is 12.0 Å². The molecule has 0 unspecified atom stereocenters. The van der Waals surface area contributed by atoms with Crippen LogP contribution in [0, 0.1) is 13.8 Å². The predicted molar refractivity (Wildman–Crippen MR) is 66.0 cm³/mol. The first-order valence-corrected chi connectivity index (χ1v) is 5.72. The summed E-state index contributed by atoms with van der Waals surface area (Å²) in [5.41, 5.74) is 3.99. The Morgan fingerprint density at radius 1 is 1.20 bits per heavy atom. The molecule has 15 heavy (non-hydrogen) atoms. The van der Waals surface area contributed by atoms with Gasteiger partial charge >= 0.3 is 0 Å². The number of hydrogen-bond donors (Lipinski definition) is 1. The number of aryl methyl sites for hydroxylation is 2. The second kappa shape index (κ2) is 4.63. The Morgan fingerprint density at radius 2 is 1.87 bits per heavy atom. The molecule has 0 saturated heterocycles. The quantitative estimate of drug-likeness (QED) is 0.789. The van der Waals surface area contributed by atoms with Gasteiger partial charge in [0.15, 0.2) is 0 Å². The lowest BCUT2D eigenvalue weighted by Gasteiger charge is -2.00. The maximum atomic E-state index is 3.47. The minimum atomic E-state index is 0.800. The molecule has 0 atom stereocenters. The van der Waals surface area contributed by atoms with Gasteiger partial charge in [0.05, 0.1) is 0 Å². The van der Waals surface area contributed by atoms with Crippen molar-refractivity contribution in [3.05, 3.63) is 41.0 Å². The smallest absolute Gasteiger partial charge is 0.0140 e. The van der Waals surface area contributed by atoms with Gasteiger partial charge < -0.3 is 5.32 Å².